The summed E-state index contributed by atoms with van der Waals surface area (Å²) in [5.74, 6) is -0.417. The molecule has 4 nitrogen and oxygen atoms in total. The molecule has 0 bridgehead atoms. The lowest BCUT2D eigenvalue weighted by Crippen LogP contribution is -2.37. The van der Waals surface area contributed by atoms with Crippen LogP contribution in [0.25, 0.3) is 0 Å². The molecule has 0 saturated heterocycles. The van der Waals surface area contributed by atoms with E-state index in [1.807, 2.05) is 6.92 Å². The smallest absolute Gasteiger partial charge is 0.241 e. The maximum atomic E-state index is 13.0. The first-order valence-corrected chi connectivity index (χ1v) is 11.6. The first-order valence-electron chi connectivity index (χ1n) is 8.96. The molecule has 0 aliphatic rings. The highest BCUT2D eigenvalue weighted by Crippen LogP contribution is 2.31. The summed E-state index contributed by atoms with van der Waals surface area (Å²) < 4.78 is 28.6. The highest BCUT2D eigenvalue weighted by Gasteiger charge is 2.33. The molecule has 0 saturated carbocycles. The zero-order chi connectivity index (χ0) is 21.9. The Balaban J connectivity index is 2.02. The molecule has 3 aromatic carbocycles. The number of carbonyl (C=O) groups excluding carboxylic acids is 1. The van der Waals surface area contributed by atoms with Crippen molar-refractivity contribution in [1.29, 1.82) is 0 Å². The number of Topliss-reactive ketones (excluding diaryl/α,β-unsaturated/α-hetero) is 1. The fourth-order valence-corrected chi connectivity index (χ4v) is 4.82. The molecule has 0 spiro atoms. The Morgan fingerprint density at radius 3 is 2.13 bits per heavy atom. The number of nitrogens with one attached hydrogen (secondary N) is 1. The van der Waals surface area contributed by atoms with E-state index in [9.17, 15) is 13.2 Å². The Kier molecular flexibility index (Phi) is 7.22. The third kappa shape index (κ3) is 5.23. The minimum atomic E-state index is -3.97. The summed E-state index contributed by atoms with van der Waals surface area (Å²) in [4.78, 5) is 13.0. The van der Waals surface area contributed by atoms with Crippen LogP contribution in [0.3, 0.4) is 0 Å². The van der Waals surface area contributed by atoms with E-state index in [1.54, 1.807) is 48.5 Å². The van der Waals surface area contributed by atoms with E-state index < -0.39 is 27.2 Å². The molecular weight excluding hydrogens is 465 g/mol. The van der Waals surface area contributed by atoms with Gasteiger partial charge in [-0.05, 0) is 36.8 Å². The lowest BCUT2D eigenvalue weighted by molar-refractivity contribution is 0.0977. The van der Waals surface area contributed by atoms with E-state index in [1.165, 1.54) is 24.3 Å². The molecule has 0 aliphatic heterocycles. The van der Waals surface area contributed by atoms with Crippen LogP contribution < -0.4 is 4.72 Å². The zero-order valence-electron chi connectivity index (χ0n) is 15.8. The van der Waals surface area contributed by atoms with Crippen LogP contribution in [0.5, 0.6) is 0 Å². The maximum absolute atomic E-state index is 13.0. The van der Waals surface area contributed by atoms with Crippen LogP contribution in [0, 0.1) is 6.92 Å². The van der Waals surface area contributed by atoms with Gasteiger partial charge in [-0.3, -0.25) is 4.79 Å². The predicted molar refractivity (Wildman–Crippen MR) is 121 cm³/mol. The molecular formula is C22H18Cl3NO3S. The van der Waals surface area contributed by atoms with E-state index >= 15 is 0 Å². The number of sulfonamides is 1. The van der Waals surface area contributed by atoms with Gasteiger partial charge in [-0.25, -0.2) is 13.1 Å². The van der Waals surface area contributed by atoms with Crippen molar-refractivity contribution < 1.29 is 13.2 Å². The number of hydrogen-bond acceptors (Lipinski definition) is 3. The SMILES string of the molecule is Cc1ccc(S(=O)(=O)N[C@H](c2ccc(Cl)c(Cl)c2)[C@@H](Cl)C(=O)c2ccccc2)cc1. The van der Waals surface area contributed by atoms with Gasteiger partial charge < -0.3 is 0 Å². The van der Waals surface area contributed by atoms with Gasteiger partial charge in [-0.2, -0.15) is 0 Å². The Labute approximate surface area is 190 Å². The summed E-state index contributed by atoms with van der Waals surface area (Å²) >= 11 is 18.6. The Bertz CT molecular complexity index is 1150. The summed E-state index contributed by atoms with van der Waals surface area (Å²) in [6, 6.07) is 18.4. The standard InChI is InChI=1S/C22H18Cl3NO3S/c1-14-7-10-17(11-8-14)30(28,29)26-21(16-9-12-18(23)19(24)13-16)20(25)22(27)15-5-3-2-4-6-15/h2-13,20-21,26H,1H3/t20-,21-/m1/s1. The predicted octanol–water partition coefficient (Wildman–Crippen LogP) is 5.81. The van der Waals surface area contributed by atoms with Gasteiger partial charge in [-0.1, -0.05) is 77.3 Å². The van der Waals surface area contributed by atoms with Gasteiger partial charge >= 0.3 is 0 Å². The summed E-state index contributed by atoms with van der Waals surface area (Å²) in [5.41, 5.74) is 1.71. The molecule has 156 valence electrons. The van der Waals surface area contributed by atoms with E-state index in [0.29, 0.717) is 16.1 Å². The fraction of sp³-hybridized carbons (Fsp3) is 0.136. The number of hydrogen-bond donors (Lipinski definition) is 1. The Morgan fingerprint density at radius 1 is 0.900 bits per heavy atom. The molecule has 2 atom stereocenters. The Morgan fingerprint density at radius 2 is 1.53 bits per heavy atom. The van der Waals surface area contributed by atoms with Crippen LogP contribution in [-0.2, 0) is 10.0 Å². The first kappa shape index (κ1) is 22.8. The van der Waals surface area contributed by atoms with Crippen LogP contribution >= 0.6 is 34.8 Å². The van der Waals surface area contributed by atoms with Gasteiger partial charge in [0, 0.05) is 5.56 Å². The largest absolute Gasteiger partial charge is 0.292 e. The molecule has 1 N–H and O–H groups in total. The molecule has 0 aromatic heterocycles. The van der Waals surface area contributed by atoms with Crippen LogP contribution in [0.15, 0.2) is 77.7 Å². The number of aryl methyl sites for hydroxylation is 1. The topological polar surface area (TPSA) is 63.2 Å². The van der Waals surface area contributed by atoms with Crippen molar-refractivity contribution in [2.45, 2.75) is 23.2 Å². The van der Waals surface area contributed by atoms with Gasteiger partial charge in [0.05, 0.1) is 21.0 Å². The lowest BCUT2D eigenvalue weighted by Gasteiger charge is -2.24. The molecule has 0 radical (unpaired) electrons. The molecule has 0 amide bonds. The molecule has 30 heavy (non-hydrogen) atoms. The molecule has 3 aromatic rings. The molecule has 0 heterocycles. The second-order valence-corrected chi connectivity index (χ2v) is 9.72. The van der Waals surface area contributed by atoms with Crippen molar-refractivity contribution >= 4 is 50.6 Å². The van der Waals surface area contributed by atoms with E-state index in [4.69, 9.17) is 34.8 Å². The van der Waals surface area contributed by atoms with Crippen molar-refractivity contribution in [2.24, 2.45) is 0 Å². The monoisotopic (exact) mass is 481 g/mol. The van der Waals surface area contributed by atoms with Crippen molar-refractivity contribution in [3.63, 3.8) is 0 Å². The van der Waals surface area contributed by atoms with Gasteiger partial charge in [-0.15, -0.1) is 11.6 Å². The van der Waals surface area contributed by atoms with Crippen molar-refractivity contribution in [3.8, 4) is 0 Å². The number of carbonyl (C=O) groups is 1. The van der Waals surface area contributed by atoms with Crippen LogP contribution in [0.1, 0.15) is 27.5 Å². The maximum Gasteiger partial charge on any atom is 0.241 e. The van der Waals surface area contributed by atoms with Crippen LogP contribution in [-0.4, -0.2) is 19.6 Å². The van der Waals surface area contributed by atoms with E-state index in [2.05, 4.69) is 4.72 Å². The molecule has 0 fully saturated rings. The fourth-order valence-electron chi connectivity index (χ4n) is 2.87. The third-order valence-corrected chi connectivity index (χ3v) is 7.16. The average Bonchev–Trinajstić information content (AvgIpc) is 2.74. The van der Waals surface area contributed by atoms with Crippen LogP contribution in [0.4, 0.5) is 0 Å². The van der Waals surface area contributed by atoms with Gasteiger partial charge in [0.2, 0.25) is 10.0 Å². The third-order valence-electron chi connectivity index (χ3n) is 4.52. The summed E-state index contributed by atoms with van der Waals surface area (Å²) in [5, 5.41) is -0.685. The summed E-state index contributed by atoms with van der Waals surface area (Å²) in [6.07, 6.45) is 0. The highest BCUT2D eigenvalue weighted by atomic mass is 35.5. The van der Waals surface area contributed by atoms with Gasteiger partial charge in [0.25, 0.3) is 0 Å². The number of ketones is 1. The van der Waals surface area contributed by atoms with Crippen LogP contribution in [0.2, 0.25) is 10.0 Å². The average molecular weight is 483 g/mol. The summed E-state index contributed by atoms with van der Waals surface area (Å²) in [6.45, 7) is 1.86. The first-order chi connectivity index (χ1) is 14.2. The van der Waals surface area contributed by atoms with E-state index in [0.717, 1.165) is 5.56 Å². The number of halogens is 3. The quantitative estimate of drug-likeness (QED) is 0.341. The van der Waals surface area contributed by atoms with Crippen molar-refractivity contribution in [1.82, 2.24) is 4.72 Å². The van der Waals surface area contributed by atoms with Gasteiger partial charge in [0.1, 0.15) is 5.38 Å². The van der Waals surface area contributed by atoms with Gasteiger partial charge in [0.15, 0.2) is 5.78 Å². The van der Waals surface area contributed by atoms with E-state index in [-0.39, 0.29) is 9.92 Å². The lowest BCUT2D eigenvalue weighted by atomic mass is 9.98. The molecule has 0 unspecified atom stereocenters. The number of alkyl halides is 1. The normalized spacial score (nSPS) is 13.6. The van der Waals surface area contributed by atoms with Crippen molar-refractivity contribution in [3.05, 3.63) is 99.5 Å². The highest BCUT2D eigenvalue weighted by molar-refractivity contribution is 7.89. The minimum Gasteiger partial charge on any atom is -0.292 e. The Hall–Kier alpha value is -1.89. The second kappa shape index (κ2) is 9.50. The zero-order valence-corrected chi connectivity index (χ0v) is 18.9. The number of benzene rings is 3. The second-order valence-electron chi connectivity index (χ2n) is 6.72. The number of rotatable bonds is 7. The molecule has 8 heteroatoms. The summed E-state index contributed by atoms with van der Waals surface area (Å²) in [7, 11) is -3.97. The van der Waals surface area contributed by atoms with Crippen molar-refractivity contribution in [2.75, 3.05) is 0 Å². The minimum absolute atomic E-state index is 0.0641. The molecule has 3 rings (SSSR count). The molecule has 0 aliphatic carbocycles.